The molecule has 100 valence electrons. The molecule has 2 atom stereocenters. The Morgan fingerprint density at radius 2 is 1.88 bits per heavy atom. The lowest BCUT2D eigenvalue weighted by molar-refractivity contribution is 0.147. The van der Waals surface area contributed by atoms with E-state index in [2.05, 4.69) is 24.2 Å². The SMILES string of the molecule is CC1CC(CO)(NC2CCCCCC2)CN1C. The fourth-order valence-corrected chi connectivity index (χ4v) is 3.54. The summed E-state index contributed by atoms with van der Waals surface area (Å²) in [5, 5.41) is 13.6. The molecular formula is C14H28N2O. The van der Waals surface area contributed by atoms with Gasteiger partial charge in [0.25, 0.3) is 0 Å². The Labute approximate surface area is 106 Å². The summed E-state index contributed by atoms with van der Waals surface area (Å²) in [7, 11) is 2.16. The van der Waals surface area contributed by atoms with Gasteiger partial charge in [-0.15, -0.1) is 0 Å². The van der Waals surface area contributed by atoms with E-state index in [9.17, 15) is 5.11 Å². The molecule has 0 spiro atoms. The standard InChI is InChI=1S/C14H28N2O/c1-12-9-14(11-17,10-16(12)2)15-13-7-5-3-4-6-8-13/h12-13,15,17H,3-11H2,1-2H3. The number of likely N-dealkylation sites (tertiary alicyclic amines) is 1. The molecule has 2 rings (SSSR count). The summed E-state index contributed by atoms with van der Waals surface area (Å²) in [5.41, 5.74) is -0.0385. The first kappa shape index (κ1) is 13.3. The lowest BCUT2D eigenvalue weighted by Gasteiger charge is -2.33. The molecule has 17 heavy (non-hydrogen) atoms. The van der Waals surface area contributed by atoms with Gasteiger partial charge in [-0.1, -0.05) is 25.7 Å². The van der Waals surface area contributed by atoms with E-state index in [1.54, 1.807) is 0 Å². The van der Waals surface area contributed by atoms with Crippen molar-refractivity contribution in [3.05, 3.63) is 0 Å². The number of hydrogen-bond acceptors (Lipinski definition) is 3. The highest BCUT2D eigenvalue weighted by Gasteiger charge is 2.41. The Morgan fingerprint density at radius 1 is 1.24 bits per heavy atom. The van der Waals surface area contributed by atoms with Crippen LogP contribution in [0.15, 0.2) is 0 Å². The minimum atomic E-state index is -0.0385. The second-order valence-electron chi connectivity index (χ2n) is 6.24. The van der Waals surface area contributed by atoms with Crippen LogP contribution in [-0.4, -0.2) is 47.8 Å². The van der Waals surface area contributed by atoms with Crippen molar-refractivity contribution in [1.29, 1.82) is 0 Å². The third-order valence-electron chi connectivity index (χ3n) is 4.66. The van der Waals surface area contributed by atoms with Crippen LogP contribution >= 0.6 is 0 Å². The minimum absolute atomic E-state index is 0.0385. The molecule has 1 saturated heterocycles. The topological polar surface area (TPSA) is 35.5 Å². The molecule has 1 aliphatic heterocycles. The van der Waals surface area contributed by atoms with Crippen molar-refractivity contribution in [2.24, 2.45) is 0 Å². The van der Waals surface area contributed by atoms with Gasteiger partial charge < -0.3 is 15.3 Å². The van der Waals surface area contributed by atoms with Gasteiger partial charge in [-0.25, -0.2) is 0 Å². The highest BCUT2D eigenvalue weighted by atomic mass is 16.3. The molecule has 0 radical (unpaired) electrons. The number of hydrogen-bond donors (Lipinski definition) is 2. The summed E-state index contributed by atoms with van der Waals surface area (Å²) < 4.78 is 0. The number of nitrogens with zero attached hydrogens (tertiary/aromatic N) is 1. The Morgan fingerprint density at radius 3 is 2.35 bits per heavy atom. The van der Waals surface area contributed by atoms with Crippen LogP contribution in [0.2, 0.25) is 0 Å². The normalized spacial score (nSPS) is 37.2. The fourth-order valence-electron chi connectivity index (χ4n) is 3.54. The zero-order valence-electron chi connectivity index (χ0n) is 11.4. The maximum absolute atomic E-state index is 9.76. The van der Waals surface area contributed by atoms with Gasteiger partial charge in [0, 0.05) is 18.6 Å². The van der Waals surface area contributed by atoms with Crippen molar-refractivity contribution < 1.29 is 5.11 Å². The van der Waals surface area contributed by atoms with Crippen LogP contribution < -0.4 is 5.32 Å². The zero-order chi connectivity index (χ0) is 12.3. The lowest BCUT2D eigenvalue weighted by Crippen LogP contribution is -2.54. The van der Waals surface area contributed by atoms with E-state index in [0.717, 1.165) is 13.0 Å². The van der Waals surface area contributed by atoms with Crippen LogP contribution in [0.4, 0.5) is 0 Å². The highest BCUT2D eigenvalue weighted by Crippen LogP contribution is 2.28. The molecule has 0 aromatic rings. The molecule has 0 aromatic carbocycles. The van der Waals surface area contributed by atoms with Gasteiger partial charge in [0.1, 0.15) is 0 Å². The molecule has 2 fully saturated rings. The minimum Gasteiger partial charge on any atom is -0.394 e. The molecule has 2 unspecified atom stereocenters. The summed E-state index contributed by atoms with van der Waals surface area (Å²) in [6, 6.07) is 1.21. The van der Waals surface area contributed by atoms with Crippen molar-refractivity contribution in [2.45, 2.75) is 69.5 Å². The van der Waals surface area contributed by atoms with Crippen LogP contribution in [0.25, 0.3) is 0 Å². The predicted octanol–water partition coefficient (Wildman–Crippen LogP) is 1.75. The number of rotatable bonds is 3. The van der Waals surface area contributed by atoms with Crippen LogP contribution in [0, 0.1) is 0 Å². The van der Waals surface area contributed by atoms with Crippen molar-refractivity contribution >= 4 is 0 Å². The number of aliphatic hydroxyl groups is 1. The maximum atomic E-state index is 9.76. The van der Waals surface area contributed by atoms with Gasteiger partial charge in [-0.05, 0) is 33.2 Å². The summed E-state index contributed by atoms with van der Waals surface area (Å²) in [5.74, 6) is 0. The van der Waals surface area contributed by atoms with Crippen molar-refractivity contribution in [1.82, 2.24) is 10.2 Å². The fraction of sp³-hybridized carbons (Fsp3) is 1.00. The Kier molecular flexibility index (Phi) is 4.45. The molecule has 1 aliphatic carbocycles. The van der Waals surface area contributed by atoms with Crippen LogP contribution in [0.3, 0.4) is 0 Å². The molecular weight excluding hydrogens is 212 g/mol. The number of aliphatic hydroxyl groups excluding tert-OH is 1. The van der Waals surface area contributed by atoms with E-state index in [0.29, 0.717) is 12.1 Å². The first-order chi connectivity index (χ1) is 8.15. The first-order valence-corrected chi connectivity index (χ1v) is 7.24. The molecule has 1 saturated carbocycles. The summed E-state index contributed by atoms with van der Waals surface area (Å²) >= 11 is 0. The zero-order valence-corrected chi connectivity index (χ0v) is 11.4. The molecule has 0 bridgehead atoms. The lowest BCUT2D eigenvalue weighted by atomic mass is 9.94. The van der Waals surface area contributed by atoms with Gasteiger partial charge in [0.2, 0.25) is 0 Å². The predicted molar refractivity (Wildman–Crippen MR) is 71.2 cm³/mol. The molecule has 3 heteroatoms. The van der Waals surface area contributed by atoms with Crippen LogP contribution in [0.5, 0.6) is 0 Å². The van der Waals surface area contributed by atoms with E-state index in [-0.39, 0.29) is 12.1 Å². The van der Waals surface area contributed by atoms with Gasteiger partial charge in [-0.2, -0.15) is 0 Å². The number of likely N-dealkylation sites (N-methyl/N-ethyl adjacent to an activating group) is 1. The maximum Gasteiger partial charge on any atom is 0.0626 e. The van der Waals surface area contributed by atoms with E-state index in [1.807, 2.05) is 0 Å². The Balaban J connectivity index is 1.94. The second kappa shape index (κ2) is 5.68. The Hall–Kier alpha value is -0.120. The monoisotopic (exact) mass is 240 g/mol. The summed E-state index contributed by atoms with van der Waals surface area (Å²) in [6.07, 6.45) is 9.15. The van der Waals surface area contributed by atoms with E-state index >= 15 is 0 Å². The average Bonchev–Trinajstić information content (AvgIpc) is 2.50. The highest BCUT2D eigenvalue weighted by molar-refractivity contribution is 5.01. The van der Waals surface area contributed by atoms with Crippen LogP contribution in [0.1, 0.15) is 51.9 Å². The smallest absolute Gasteiger partial charge is 0.0626 e. The van der Waals surface area contributed by atoms with Gasteiger partial charge >= 0.3 is 0 Å². The quantitative estimate of drug-likeness (QED) is 0.738. The molecule has 0 aromatic heterocycles. The van der Waals surface area contributed by atoms with Gasteiger partial charge in [0.15, 0.2) is 0 Å². The first-order valence-electron chi connectivity index (χ1n) is 7.24. The summed E-state index contributed by atoms with van der Waals surface area (Å²) in [4.78, 5) is 2.36. The van der Waals surface area contributed by atoms with E-state index < -0.39 is 0 Å². The summed E-state index contributed by atoms with van der Waals surface area (Å²) in [6.45, 7) is 3.52. The third-order valence-corrected chi connectivity index (χ3v) is 4.66. The number of nitrogens with one attached hydrogen (secondary N) is 1. The molecule has 2 N–H and O–H groups in total. The van der Waals surface area contributed by atoms with Gasteiger partial charge in [0.05, 0.1) is 12.1 Å². The Bertz CT molecular complexity index is 226. The molecule has 0 amide bonds. The van der Waals surface area contributed by atoms with Gasteiger partial charge in [-0.3, -0.25) is 0 Å². The third kappa shape index (κ3) is 3.21. The van der Waals surface area contributed by atoms with E-state index in [4.69, 9.17) is 0 Å². The van der Waals surface area contributed by atoms with Crippen LogP contribution in [-0.2, 0) is 0 Å². The van der Waals surface area contributed by atoms with E-state index in [1.165, 1.54) is 38.5 Å². The van der Waals surface area contributed by atoms with Crippen molar-refractivity contribution in [3.63, 3.8) is 0 Å². The largest absolute Gasteiger partial charge is 0.394 e. The molecule has 1 heterocycles. The molecule has 3 nitrogen and oxygen atoms in total. The average molecular weight is 240 g/mol. The van der Waals surface area contributed by atoms with Crippen molar-refractivity contribution in [2.75, 3.05) is 20.2 Å². The van der Waals surface area contributed by atoms with Crippen molar-refractivity contribution in [3.8, 4) is 0 Å². The molecule has 2 aliphatic rings. The second-order valence-corrected chi connectivity index (χ2v) is 6.24.